The molecule has 2 fully saturated rings. The minimum Gasteiger partial charge on any atom is -0.329 e. The summed E-state index contributed by atoms with van der Waals surface area (Å²) in [5.41, 5.74) is 6.35. The number of nitrogens with two attached hydrogens (primary N) is 1. The third-order valence-corrected chi connectivity index (χ3v) is 4.58. The van der Waals surface area contributed by atoms with Crippen LogP contribution in [0, 0.1) is 5.92 Å². The van der Waals surface area contributed by atoms with E-state index in [-0.39, 0.29) is 5.54 Å². The molecule has 3 heteroatoms. The van der Waals surface area contributed by atoms with Gasteiger partial charge in [0.05, 0.1) is 0 Å². The maximum atomic E-state index is 6.10. The summed E-state index contributed by atoms with van der Waals surface area (Å²) in [6, 6.07) is 0.678. The van der Waals surface area contributed by atoms with Crippen molar-refractivity contribution in [3.8, 4) is 0 Å². The Bertz CT molecular complexity index is 227. The highest BCUT2D eigenvalue weighted by Gasteiger charge is 2.44. The maximum absolute atomic E-state index is 6.10. The van der Waals surface area contributed by atoms with Crippen molar-refractivity contribution >= 4 is 0 Å². The summed E-state index contributed by atoms with van der Waals surface area (Å²) < 4.78 is 0. The first-order valence-corrected chi connectivity index (χ1v) is 6.76. The van der Waals surface area contributed by atoms with Crippen molar-refractivity contribution in [1.29, 1.82) is 0 Å². The highest BCUT2D eigenvalue weighted by molar-refractivity contribution is 5.03. The van der Waals surface area contributed by atoms with E-state index in [0.717, 1.165) is 25.6 Å². The van der Waals surface area contributed by atoms with Crippen molar-refractivity contribution in [3.63, 3.8) is 0 Å². The molecule has 1 heterocycles. The third kappa shape index (κ3) is 2.27. The fourth-order valence-electron chi connectivity index (χ4n) is 3.17. The first kappa shape index (κ1) is 12.3. The summed E-state index contributed by atoms with van der Waals surface area (Å²) in [7, 11) is 2.23. The highest BCUT2D eigenvalue weighted by atomic mass is 15.3. The van der Waals surface area contributed by atoms with Crippen LogP contribution in [0.15, 0.2) is 0 Å². The molecule has 0 spiro atoms. The van der Waals surface area contributed by atoms with Gasteiger partial charge in [-0.1, -0.05) is 6.92 Å². The van der Waals surface area contributed by atoms with Crippen molar-refractivity contribution in [2.24, 2.45) is 11.7 Å². The van der Waals surface area contributed by atoms with Crippen molar-refractivity contribution in [2.75, 3.05) is 33.2 Å². The molecule has 94 valence electrons. The average molecular weight is 225 g/mol. The Hall–Kier alpha value is -0.120. The highest BCUT2D eigenvalue weighted by Crippen LogP contribution is 2.36. The van der Waals surface area contributed by atoms with Crippen LogP contribution >= 0.6 is 0 Å². The molecule has 1 saturated carbocycles. The minimum atomic E-state index is 0.255. The Labute approximate surface area is 100.0 Å². The Balaban J connectivity index is 2.05. The predicted molar refractivity (Wildman–Crippen MR) is 68.5 cm³/mol. The van der Waals surface area contributed by atoms with E-state index in [1.54, 1.807) is 0 Å². The second-order valence-corrected chi connectivity index (χ2v) is 5.88. The van der Waals surface area contributed by atoms with Crippen LogP contribution in [0.5, 0.6) is 0 Å². The minimum absolute atomic E-state index is 0.255. The van der Waals surface area contributed by atoms with E-state index in [9.17, 15) is 0 Å². The summed E-state index contributed by atoms with van der Waals surface area (Å²) in [6.45, 7) is 8.97. The van der Waals surface area contributed by atoms with Gasteiger partial charge in [0.15, 0.2) is 0 Å². The summed E-state index contributed by atoms with van der Waals surface area (Å²) >= 11 is 0. The van der Waals surface area contributed by atoms with Crippen LogP contribution in [-0.4, -0.2) is 54.6 Å². The van der Waals surface area contributed by atoms with Crippen LogP contribution in [0.25, 0.3) is 0 Å². The lowest BCUT2D eigenvalue weighted by Gasteiger charge is -2.40. The molecule has 0 aromatic carbocycles. The fraction of sp³-hybridized carbons (Fsp3) is 1.00. The molecule has 0 bridgehead atoms. The molecule has 2 N–H and O–H groups in total. The summed E-state index contributed by atoms with van der Waals surface area (Å²) in [6.07, 6.45) is 4.10. The van der Waals surface area contributed by atoms with Gasteiger partial charge in [-0.15, -0.1) is 0 Å². The largest absolute Gasteiger partial charge is 0.329 e. The van der Waals surface area contributed by atoms with Gasteiger partial charge in [0.1, 0.15) is 0 Å². The molecule has 0 amide bonds. The molecule has 1 aliphatic carbocycles. The number of likely N-dealkylation sites (N-methyl/N-ethyl adjacent to an activating group) is 2. The SMILES string of the molecule is CCN(CC1CC1)C1(CN)CC(C)N(C)C1. The molecule has 1 saturated heterocycles. The van der Waals surface area contributed by atoms with Gasteiger partial charge < -0.3 is 10.6 Å². The first-order chi connectivity index (χ1) is 7.61. The van der Waals surface area contributed by atoms with E-state index in [1.807, 2.05) is 0 Å². The zero-order valence-corrected chi connectivity index (χ0v) is 11.1. The maximum Gasteiger partial charge on any atom is 0.0473 e. The Morgan fingerprint density at radius 3 is 2.50 bits per heavy atom. The topological polar surface area (TPSA) is 32.5 Å². The smallest absolute Gasteiger partial charge is 0.0473 e. The van der Waals surface area contributed by atoms with Crippen LogP contribution in [0.3, 0.4) is 0 Å². The van der Waals surface area contributed by atoms with Gasteiger partial charge in [-0.25, -0.2) is 0 Å². The third-order valence-electron chi connectivity index (χ3n) is 4.58. The van der Waals surface area contributed by atoms with E-state index in [4.69, 9.17) is 5.73 Å². The molecule has 2 aliphatic rings. The van der Waals surface area contributed by atoms with Crippen molar-refractivity contribution in [1.82, 2.24) is 9.80 Å². The van der Waals surface area contributed by atoms with Gasteiger partial charge in [-0.05, 0) is 45.7 Å². The Morgan fingerprint density at radius 2 is 2.12 bits per heavy atom. The van der Waals surface area contributed by atoms with Crippen LogP contribution < -0.4 is 5.73 Å². The summed E-state index contributed by atoms with van der Waals surface area (Å²) in [5.74, 6) is 0.963. The first-order valence-electron chi connectivity index (χ1n) is 6.76. The second-order valence-electron chi connectivity index (χ2n) is 5.88. The second kappa shape index (κ2) is 4.63. The zero-order chi connectivity index (χ0) is 11.8. The fourth-order valence-corrected chi connectivity index (χ4v) is 3.17. The molecule has 0 aromatic rings. The lowest BCUT2D eigenvalue weighted by molar-refractivity contribution is 0.102. The van der Waals surface area contributed by atoms with E-state index >= 15 is 0 Å². The molecule has 1 aliphatic heterocycles. The van der Waals surface area contributed by atoms with Gasteiger partial charge in [0, 0.05) is 31.2 Å². The van der Waals surface area contributed by atoms with Gasteiger partial charge in [0.25, 0.3) is 0 Å². The zero-order valence-electron chi connectivity index (χ0n) is 11.1. The van der Waals surface area contributed by atoms with Gasteiger partial charge in [-0.3, -0.25) is 4.90 Å². The number of likely N-dealkylation sites (tertiary alicyclic amines) is 1. The Kier molecular flexibility index (Phi) is 3.57. The molecule has 3 nitrogen and oxygen atoms in total. The molecule has 2 atom stereocenters. The lowest BCUT2D eigenvalue weighted by atomic mass is 9.93. The number of hydrogen-bond acceptors (Lipinski definition) is 3. The molecule has 0 aromatic heterocycles. The van der Waals surface area contributed by atoms with Crippen LogP contribution in [0.2, 0.25) is 0 Å². The van der Waals surface area contributed by atoms with E-state index < -0.39 is 0 Å². The van der Waals surface area contributed by atoms with Gasteiger partial charge in [-0.2, -0.15) is 0 Å². The number of nitrogens with zero attached hydrogens (tertiary/aromatic N) is 2. The monoisotopic (exact) mass is 225 g/mol. The molecule has 2 rings (SSSR count). The molecule has 0 radical (unpaired) electrons. The van der Waals surface area contributed by atoms with E-state index in [1.165, 1.54) is 25.8 Å². The van der Waals surface area contributed by atoms with Crippen LogP contribution in [0.1, 0.15) is 33.1 Å². The Morgan fingerprint density at radius 1 is 1.44 bits per heavy atom. The van der Waals surface area contributed by atoms with Crippen molar-refractivity contribution in [3.05, 3.63) is 0 Å². The molecule has 2 unspecified atom stereocenters. The molecular weight excluding hydrogens is 198 g/mol. The summed E-state index contributed by atoms with van der Waals surface area (Å²) in [4.78, 5) is 5.12. The summed E-state index contributed by atoms with van der Waals surface area (Å²) in [5, 5.41) is 0. The van der Waals surface area contributed by atoms with Crippen molar-refractivity contribution in [2.45, 2.75) is 44.7 Å². The molecule has 16 heavy (non-hydrogen) atoms. The van der Waals surface area contributed by atoms with Crippen LogP contribution in [0.4, 0.5) is 0 Å². The predicted octanol–water partition coefficient (Wildman–Crippen LogP) is 1.14. The van der Waals surface area contributed by atoms with Gasteiger partial charge in [0.2, 0.25) is 0 Å². The standard InChI is InChI=1S/C13H27N3/c1-4-16(8-12-5-6-12)13(9-14)7-11(2)15(3)10-13/h11-12H,4-10,14H2,1-3H3. The number of hydrogen-bond donors (Lipinski definition) is 1. The molecular formula is C13H27N3. The lowest BCUT2D eigenvalue weighted by Crippen LogP contribution is -2.56. The van der Waals surface area contributed by atoms with Crippen LogP contribution in [-0.2, 0) is 0 Å². The average Bonchev–Trinajstić information content (AvgIpc) is 3.03. The van der Waals surface area contributed by atoms with Gasteiger partial charge >= 0.3 is 0 Å². The van der Waals surface area contributed by atoms with E-state index in [2.05, 4.69) is 30.7 Å². The van der Waals surface area contributed by atoms with E-state index in [0.29, 0.717) is 6.04 Å². The number of rotatable bonds is 5. The quantitative estimate of drug-likeness (QED) is 0.761. The van der Waals surface area contributed by atoms with Crippen molar-refractivity contribution < 1.29 is 0 Å². The normalized spacial score (nSPS) is 36.2.